The predicted molar refractivity (Wildman–Crippen MR) is 63.1 cm³/mol. The maximum atomic E-state index is 9.84. The smallest absolute Gasteiger partial charge is 0.0741 e. The normalized spacial score (nSPS) is 26.3. The highest BCUT2D eigenvalue weighted by molar-refractivity contribution is 5.46. The Hall–Kier alpha value is -1.02. The van der Waals surface area contributed by atoms with Crippen LogP contribution in [0.25, 0.3) is 0 Å². The molecule has 15 heavy (non-hydrogen) atoms. The fraction of sp³-hybridized carbons (Fsp3) is 0.538. The van der Waals surface area contributed by atoms with E-state index >= 15 is 0 Å². The molecule has 82 valence electrons. The van der Waals surface area contributed by atoms with E-state index in [1.54, 1.807) is 0 Å². The van der Waals surface area contributed by atoms with Crippen LogP contribution in [-0.4, -0.2) is 17.3 Å². The summed E-state index contributed by atoms with van der Waals surface area (Å²) < 4.78 is 0. The standard InChI is InChI=1S/C13H19NO/c1-10-5-4-6-11(9-10)14-12-7-2-3-8-13(12)15/h4-6,9,12-15H,2-3,7-8H2,1H3/t12-,13+/m1/s1. The molecule has 0 radical (unpaired) electrons. The van der Waals surface area contributed by atoms with Crippen LogP contribution in [0.5, 0.6) is 0 Å². The van der Waals surface area contributed by atoms with Gasteiger partial charge in [0.15, 0.2) is 0 Å². The first-order valence-corrected chi connectivity index (χ1v) is 5.77. The fourth-order valence-corrected chi connectivity index (χ4v) is 2.23. The molecule has 0 aromatic heterocycles. The first-order chi connectivity index (χ1) is 7.25. The summed E-state index contributed by atoms with van der Waals surface area (Å²) in [4.78, 5) is 0. The van der Waals surface area contributed by atoms with Crippen LogP contribution in [-0.2, 0) is 0 Å². The molecule has 1 saturated carbocycles. The molecule has 0 amide bonds. The van der Waals surface area contributed by atoms with Crippen LogP contribution in [0.3, 0.4) is 0 Å². The Balaban J connectivity index is 2.01. The third-order valence-electron chi connectivity index (χ3n) is 3.10. The van der Waals surface area contributed by atoms with Crippen molar-refractivity contribution >= 4 is 5.69 Å². The van der Waals surface area contributed by atoms with Crippen molar-refractivity contribution < 1.29 is 5.11 Å². The zero-order valence-corrected chi connectivity index (χ0v) is 9.24. The van der Waals surface area contributed by atoms with Crippen molar-refractivity contribution in [2.45, 2.75) is 44.8 Å². The summed E-state index contributed by atoms with van der Waals surface area (Å²) >= 11 is 0. The average Bonchev–Trinajstić information content (AvgIpc) is 2.22. The lowest BCUT2D eigenvalue weighted by Crippen LogP contribution is -2.36. The van der Waals surface area contributed by atoms with E-state index in [2.05, 4.69) is 30.4 Å². The Morgan fingerprint density at radius 1 is 1.27 bits per heavy atom. The van der Waals surface area contributed by atoms with Crippen LogP contribution < -0.4 is 5.32 Å². The van der Waals surface area contributed by atoms with Crippen LogP contribution in [0.1, 0.15) is 31.2 Å². The van der Waals surface area contributed by atoms with E-state index in [4.69, 9.17) is 0 Å². The molecule has 0 spiro atoms. The molecule has 0 heterocycles. The third kappa shape index (κ3) is 2.72. The molecule has 0 unspecified atom stereocenters. The van der Waals surface area contributed by atoms with Crippen molar-refractivity contribution in [3.63, 3.8) is 0 Å². The van der Waals surface area contributed by atoms with Crippen LogP contribution >= 0.6 is 0 Å². The minimum atomic E-state index is -0.181. The molecule has 2 heteroatoms. The summed E-state index contributed by atoms with van der Waals surface area (Å²) in [6.07, 6.45) is 4.21. The van der Waals surface area contributed by atoms with E-state index in [-0.39, 0.29) is 12.1 Å². The quantitative estimate of drug-likeness (QED) is 0.778. The average molecular weight is 205 g/mol. The van der Waals surface area contributed by atoms with Crippen LogP contribution in [0.2, 0.25) is 0 Å². The van der Waals surface area contributed by atoms with Crippen molar-refractivity contribution in [2.75, 3.05) is 5.32 Å². The van der Waals surface area contributed by atoms with Crippen LogP contribution in [0, 0.1) is 6.92 Å². The van der Waals surface area contributed by atoms with Gasteiger partial charge in [0, 0.05) is 5.69 Å². The maximum absolute atomic E-state index is 9.84. The Kier molecular flexibility index (Phi) is 3.27. The molecule has 1 aliphatic carbocycles. The van der Waals surface area contributed by atoms with Gasteiger partial charge in [-0.05, 0) is 37.5 Å². The minimum Gasteiger partial charge on any atom is -0.391 e. The highest BCUT2D eigenvalue weighted by Crippen LogP contribution is 2.22. The van der Waals surface area contributed by atoms with Crippen LogP contribution in [0.4, 0.5) is 5.69 Å². The van der Waals surface area contributed by atoms with Crippen molar-refractivity contribution in [3.8, 4) is 0 Å². The molecule has 1 fully saturated rings. The monoisotopic (exact) mass is 205 g/mol. The SMILES string of the molecule is Cc1cccc(N[C@@H]2CCCC[C@@H]2O)c1. The number of aliphatic hydroxyl groups excluding tert-OH is 1. The zero-order chi connectivity index (χ0) is 10.7. The third-order valence-corrected chi connectivity index (χ3v) is 3.10. The van der Waals surface area contributed by atoms with Crippen LogP contribution in [0.15, 0.2) is 24.3 Å². The van der Waals surface area contributed by atoms with E-state index in [1.165, 1.54) is 12.0 Å². The molecule has 0 bridgehead atoms. The van der Waals surface area contributed by atoms with Gasteiger partial charge in [0.1, 0.15) is 0 Å². The molecule has 0 aliphatic heterocycles. The molecule has 2 nitrogen and oxygen atoms in total. The van der Waals surface area contributed by atoms with Gasteiger partial charge in [0.25, 0.3) is 0 Å². The number of hydrogen-bond acceptors (Lipinski definition) is 2. The van der Waals surface area contributed by atoms with Crippen molar-refractivity contribution in [3.05, 3.63) is 29.8 Å². The van der Waals surface area contributed by atoms with E-state index in [0.29, 0.717) is 0 Å². The Bertz CT molecular complexity index is 324. The first kappa shape index (κ1) is 10.5. The van der Waals surface area contributed by atoms with E-state index in [9.17, 15) is 5.11 Å². The summed E-state index contributed by atoms with van der Waals surface area (Å²) in [5, 5.41) is 13.3. The molecule has 1 aliphatic rings. The van der Waals surface area contributed by atoms with Gasteiger partial charge >= 0.3 is 0 Å². The summed E-state index contributed by atoms with van der Waals surface area (Å²) in [5.74, 6) is 0. The van der Waals surface area contributed by atoms with Crippen molar-refractivity contribution in [2.24, 2.45) is 0 Å². The number of hydrogen-bond donors (Lipinski definition) is 2. The largest absolute Gasteiger partial charge is 0.391 e. The maximum Gasteiger partial charge on any atom is 0.0741 e. The molecule has 2 N–H and O–H groups in total. The van der Waals surface area contributed by atoms with Gasteiger partial charge in [-0.1, -0.05) is 25.0 Å². The van der Waals surface area contributed by atoms with E-state index in [0.717, 1.165) is 24.9 Å². The summed E-state index contributed by atoms with van der Waals surface area (Å²) in [7, 11) is 0. The van der Waals surface area contributed by atoms with Crippen molar-refractivity contribution in [1.82, 2.24) is 0 Å². The van der Waals surface area contributed by atoms with Gasteiger partial charge < -0.3 is 10.4 Å². The second kappa shape index (κ2) is 4.67. The second-order valence-corrected chi connectivity index (χ2v) is 4.47. The van der Waals surface area contributed by atoms with E-state index < -0.39 is 0 Å². The molecule has 1 aromatic carbocycles. The lowest BCUT2D eigenvalue weighted by Gasteiger charge is -2.29. The lowest BCUT2D eigenvalue weighted by molar-refractivity contribution is 0.116. The van der Waals surface area contributed by atoms with Gasteiger partial charge in [0.05, 0.1) is 12.1 Å². The molecule has 2 rings (SSSR count). The molecular weight excluding hydrogens is 186 g/mol. The summed E-state index contributed by atoms with van der Waals surface area (Å²) in [5.41, 5.74) is 2.38. The Morgan fingerprint density at radius 2 is 2.07 bits per heavy atom. The van der Waals surface area contributed by atoms with E-state index in [1.807, 2.05) is 6.07 Å². The van der Waals surface area contributed by atoms with Gasteiger partial charge in [-0.2, -0.15) is 0 Å². The number of nitrogens with one attached hydrogen (secondary N) is 1. The first-order valence-electron chi connectivity index (χ1n) is 5.77. The highest BCUT2D eigenvalue weighted by atomic mass is 16.3. The predicted octanol–water partition coefficient (Wildman–Crippen LogP) is 2.71. The number of benzene rings is 1. The zero-order valence-electron chi connectivity index (χ0n) is 9.24. The number of rotatable bonds is 2. The molecular formula is C13H19NO. The minimum absolute atomic E-state index is 0.181. The lowest BCUT2D eigenvalue weighted by atomic mass is 9.92. The molecule has 1 aromatic rings. The Labute approximate surface area is 91.3 Å². The Morgan fingerprint density at radius 3 is 2.80 bits per heavy atom. The fourth-order valence-electron chi connectivity index (χ4n) is 2.23. The molecule has 0 saturated heterocycles. The topological polar surface area (TPSA) is 32.3 Å². The number of aryl methyl sites for hydroxylation is 1. The van der Waals surface area contributed by atoms with Crippen molar-refractivity contribution in [1.29, 1.82) is 0 Å². The summed E-state index contributed by atoms with van der Waals surface area (Å²) in [6.45, 7) is 2.09. The highest BCUT2D eigenvalue weighted by Gasteiger charge is 2.22. The van der Waals surface area contributed by atoms with Gasteiger partial charge in [-0.25, -0.2) is 0 Å². The molecule has 2 atom stereocenters. The number of anilines is 1. The van der Waals surface area contributed by atoms with Gasteiger partial charge in [-0.3, -0.25) is 0 Å². The summed E-state index contributed by atoms with van der Waals surface area (Å²) in [6, 6.07) is 8.56. The second-order valence-electron chi connectivity index (χ2n) is 4.47. The van der Waals surface area contributed by atoms with Gasteiger partial charge in [0.2, 0.25) is 0 Å². The number of aliphatic hydroxyl groups is 1. The van der Waals surface area contributed by atoms with Gasteiger partial charge in [-0.15, -0.1) is 0 Å².